The summed E-state index contributed by atoms with van der Waals surface area (Å²) in [6.07, 6.45) is -0.756. The van der Waals surface area contributed by atoms with Crippen molar-refractivity contribution in [3.63, 3.8) is 0 Å². The second-order valence-corrected chi connectivity index (χ2v) is 5.11. The molecule has 1 heterocycles. The molecule has 1 aromatic heterocycles. The second kappa shape index (κ2) is 5.14. The topological polar surface area (TPSA) is 29.9 Å². The highest BCUT2D eigenvalue weighted by Crippen LogP contribution is 2.29. The number of benzene rings is 1. The van der Waals surface area contributed by atoms with Gasteiger partial charge >= 0.3 is 6.18 Å². The first-order valence-electron chi connectivity index (χ1n) is 6.57. The average molecular weight is 299 g/mol. The molecule has 21 heavy (non-hydrogen) atoms. The largest absolute Gasteiger partial charge is 0.419 e. The third-order valence-electron chi connectivity index (χ3n) is 3.34. The smallest absolute Gasteiger partial charge is 0.310 e. The van der Waals surface area contributed by atoms with Gasteiger partial charge in [-0.3, -0.25) is 0 Å². The molecule has 0 aliphatic heterocycles. The Balaban J connectivity index is 1.79. The van der Waals surface area contributed by atoms with Crippen LogP contribution in [0.15, 0.2) is 30.6 Å². The summed E-state index contributed by atoms with van der Waals surface area (Å²) in [5, 5.41) is 6.81. The van der Waals surface area contributed by atoms with Crippen LogP contribution < -0.4 is 5.32 Å². The van der Waals surface area contributed by atoms with Crippen LogP contribution in [0.3, 0.4) is 0 Å². The van der Waals surface area contributed by atoms with Gasteiger partial charge in [-0.2, -0.15) is 18.3 Å². The molecule has 1 saturated carbocycles. The molecule has 1 fully saturated rings. The van der Waals surface area contributed by atoms with E-state index < -0.39 is 17.6 Å². The van der Waals surface area contributed by atoms with Crippen LogP contribution >= 0.6 is 0 Å². The fourth-order valence-corrected chi connectivity index (χ4v) is 2.00. The van der Waals surface area contributed by atoms with Crippen molar-refractivity contribution >= 4 is 0 Å². The molecule has 1 N–H and O–H groups in total. The lowest BCUT2D eigenvalue weighted by molar-refractivity contribution is -0.137. The number of aromatic nitrogens is 2. The summed E-state index contributed by atoms with van der Waals surface area (Å²) in [6, 6.07) is 4.95. The van der Waals surface area contributed by atoms with Crippen LogP contribution in [0.5, 0.6) is 0 Å². The molecule has 0 saturated heterocycles. The maximum Gasteiger partial charge on any atom is 0.419 e. The van der Waals surface area contributed by atoms with E-state index in [1.165, 1.54) is 12.1 Å². The van der Waals surface area contributed by atoms with Crippen molar-refractivity contribution in [3.05, 3.63) is 47.5 Å². The summed E-state index contributed by atoms with van der Waals surface area (Å²) in [5.41, 5.74) is -0.145. The zero-order valence-corrected chi connectivity index (χ0v) is 11.0. The normalized spacial score (nSPS) is 15.4. The summed E-state index contributed by atoms with van der Waals surface area (Å²) in [4.78, 5) is 0. The van der Waals surface area contributed by atoms with Crippen molar-refractivity contribution < 1.29 is 17.6 Å². The van der Waals surface area contributed by atoms with Crippen molar-refractivity contribution in [2.24, 2.45) is 0 Å². The lowest BCUT2D eigenvalue weighted by Gasteiger charge is -2.07. The number of hydrogen-bond donors (Lipinski definition) is 1. The first kappa shape index (κ1) is 14.1. The van der Waals surface area contributed by atoms with Gasteiger partial charge in [0.25, 0.3) is 0 Å². The Morgan fingerprint density at radius 2 is 2.05 bits per heavy atom. The first-order chi connectivity index (χ1) is 9.93. The summed E-state index contributed by atoms with van der Waals surface area (Å²) in [7, 11) is 0. The molecule has 112 valence electrons. The van der Waals surface area contributed by atoms with E-state index >= 15 is 0 Å². The van der Waals surface area contributed by atoms with Crippen LogP contribution in [-0.2, 0) is 12.7 Å². The Hall–Kier alpha value is -1.89. The van der Waals surface area contributed by atoms with Crippen LogP contribution in [0.2, 0.25) is 0 Å². The molecule has 2 aromatic rings. The molecular formula is C14H13F4N3. The Morgan fingerprint density at radius 1 is 1.29 bits per heavy atom. The number of nitrogens with zero attached hydrogens (tertiary/aromatic N) is 2. The molecule has 0 unspecified atom stereocenters. The molecule has 0 atom stereocenters. The first-order valence-corrected chi connectivity index (χ1v) is 6.57. The minimum Gasteiger partial charge on any atom is -0.310 e. The quantitative estimate of drug-likeness (QED) is 0.878. The van der Waals surface area contributed by atoms with E-state index in [9.17, 15) is 17.6 Å². The average Bonchev–Trinajstić information content (AvgIpc) is 3.10. The molecule has 1 aromatic carbocycles. The highest BCUT2D eigenvalue weighted by molar-refractivity contribution is 5.36. The summed E-state index contributed by atoms with van der Waals surface area (Å²) in [6.45, 7) is 0.550. The van der Waals surface area contributed by atoms with Gasteiger partial charge in [0.15, 0.2) is 0 Å². The standard InChI is InChI=1S/C14H13F4N3/c15-12-5-9(6-19-11-2-3-11)1-4-13(12)21-8-10(7-20-21)14(16,17)18/h1,4-5,7-8,11,19H,2-3,6H2. The maximum absolute atomic E-state index is 14.0. The SMILES string of the molecule is Fc1cc(CNC2CC2)ccc1-n1cc(C(F)(F)F)cn1. The highest BCUT2D eigenvalue weighted by Gasteiger charge is 2.32. The van der Waals surface area contributed by atoms with Gasteiger partial charge in [0.2, 0.25) is 0 Å². The van der Waals surface area contributed by atoms with Gasteiger partial charge in [-0.15, -0.1) is 0 Å². The van der Waals surface area contributed by atoms with Crippen molar-refractivity contribution in [2.75, 3.05) is 0 Å². The number of hydrogen-bond acceptors (Lipinski definition) is 2. The summed E-state index contributed by atoms with van der Waals surface area (Å²) >= 11 is 0. The molecule has 3 rings (SSSR count). The molecule has 0 spiro atoms. The maximum atomic E-state index is 14.0. The molecule has 1 aliphatic rings. The Bertz CT molecular complexity index is 644. The zero-order valence-electron chi connectivity index (χ0n) is 11.0. The van der Waals surface area contributed by atoms with Gasteiger partial charge in [0.05, 0.1) is 11.8 Å². The van der Waals surface area contributed by atoms with Crippen molar-refractivity contribution in [2.45, 2.75) is 31.6 Å². The summed E-state index contributed by atoms with van der Waals surface area (Å²) < 4.78 is 52.4. The molecular weight excluding hydrogens is 286 g/mol. The van der Waals surface area contributed by atoms with Crippen LogP contribution in [0.25, 0.3) is 5.69 Å². The van der Waals surface area contributed by atoms with Crippen molar-refractivity contribution in [3.8, 4) is 5.69 Å². The second-order valence-electron chi connectivity index (χ2n) is 5.11. The van der Waals surface area contributed by atoms with Gasteiger partial charge in [-0.25, -0.2) is 9.07 Å². The van der Waals surface area contributed by atoms with E-state index in [0.717, 1.165) is 29.3 Å². The third-order valence-corrected chi connectivity index (χ3v) is 3.34. The zero-order chi connectivity index (χ0) is 15.0. The lowest BCUT2D eigenvalue weighted by atomic mass is 10.2. The third kappa shape index (κ3) is 3.24. The number of halogens is 4. The van der Waals surface area contributed by atoms with E-state index in [-0.39, 0.29) is 5.69 Å². The van der Waals surface area contributed by atoms with Crippen LogP contribution in [0, 0.1) is 5.82 Å². The van der Waals surface area contributed by atoms with Gasteiger partial charge in [0, 0.05) is 18.8 Å². The van der Waals surface area contributed by atoms with Gasteiger partial charge in [-0.1, -0.05) is 6.07 Å². The number of rotatable bonds is 4. The minimum atomic E-state index is -4.48. The number of nitrogens with one attached hydrogen (secondary N) is 1. The van der Waals surface area contributed by atoms with Gasteiger partial charge in [0.1, 0.15) is 11.5 Å². The Morgan fingerprint density at radius 3 is 2.62 bits per heavy atom. The van der Waals surface area contributed by atoms with Crippen LogP contribution in [0.4, 0.5) is 17.6 Å². The molecule has 7 heteroatoms. The van der Waals surface area contributed by atoms with Crippen molar-refractivity contribution in [1.82, 2.24) is 15.1 Å². The Kier molecular flexibility index (Phi) is 3.44. The fourth-order valence-electron chi connectivity index (χ4n) is 2.00. The van der Waals surface area contributed by atoms with E-state index in [0.29, 0.717) is 18.8 Å². The molecule has 1 aliphatic carbocycles. The molecule has 0 bridgehead atoms. The summed E-state index contributed by atoms with van der Waals surface area (Å²) in [5.74, 6) is -0.595. The van der Waals surface area contributed by atoms with E-state index in [4.69, 9.17) is 0 Å². The monoisotopic (exact) mass is 299 g/mol. The highest BCUT2D eigenvalue weighted by atomic mass is 19.4. The fraction of sp³-hybridized carbons (Fsp3) is 0.357. The van der Waals surface area contributed by atoms with Crippen LogP contribution in [-0.4, -0.2) is 15.8 Å². The predicted molar refractivity (Wildman–Crippen MR) is 68.4 cm³/mol. The number of alkyl halides is 3. The van der Waals surface area contributed by atoms with Gasteiger partial charge in [-0.05, 0) is 30.5 Å². The van der Waals surface area contributed by atoms with E-state index in [1.54, 1.807) is 6.07 Å². The molecule has 0 radical (unpaired) electrons. The van der Waals surface area contributed by atoms with Crippen molar-refractivity contribution in [1.29, 1.82) is 0 Å². The van der Waals surface area contributed by atoms with E-state index in [1.807, 2.05) is 0 Å². The lowest BCUT2D eigenvalue weighted by Crippen LogP contribution is -2.15. The van der Waals surface area contributed by atoms with E-state index in [2.05, 4.69) is 10.4 Å². The molecule has 3 nitrogen and oxygen atoms in total. The van der Waals surface area contributed by atoms with Crippen LogP contribution in [0.1, 0.15) is 24.0 Å². The molecule has 0 amide bonds. The predicted octanol–water partition coefficient (Wildman–Crippen LogP) is 3.28. The minimum absolute atomic E-state index is 0.000622. The Labute approximate surface area is 118 Å². The van der Waals surface area contributed by atoms with Gasteiger partial charge < -0.3 is 5.32 Å².